The van der Waals surface area contributed by atoms with E-state index in [9.17, 15) is 4.79 Å². The number of carbonyl (C=O) groups is 1. The van der Waals surface area contributed by atoms with Gasteiger partial charge in [-0.25, -0.2) is 0 Å². The van der Waals surface area contributed by atoms with Crippen LogP contribution in [0.2, 0.25) is 0 Å². The molecule has 3 heteroatoms. The minimum absolute atomic E-state index is 0.191. The van der Waals surface area contributed by atoms with Gasteiger partial charge in [-0.1, -0.05) is 30.3 Å². The van der Waals surface area contributed by atoms with Crippen LogP contribution in [0.1, 0.15) is 31.2 Å². The van der Waals surface area contributed by atoms with Crippen LogP contribution in [0, 0.1) is 11.8 Å². The summed E-state index contributed by atoms with van der Waals surface area (Å²) in [6.45, 7) is 1.40. The fourth-order valence-corrected chi connectivity index (χ4v) is 2.59. The van der Waals surface area contributed by atoms with Crippen molar-refractivity contribution in [2.75, 3.05) is 6.54 Å². The van der Waals surface area contributed by atoms with E-state index in [4.69, 9.17) is 5.73 Å². The molecule has 1 saturated carbocycles. The van der Waals surface area contributed by atoms with Gasteiger partial charge >= 0.3 is 0 Å². The fraction of sp³-hybridized carbons (Fsp3) is 0.533. The summed E-state index contributed by atoms with van der Waals surface area (Å²) in [5.41, 5.74) is 6.81. The number of rotatable bonds is 4. The van der Waals surface area contributed by atoms with Gasteiger partial charge in [-0.15, -0.1) is 0 Å². The number of hydrogen-bond donors (Lipinski definition) is 2. The predicted octanol–water partition coefficient (Wildman–Crippen LogP) is 2.07. The second-order valence-electron chi connectivity index (χ2n) is 5.16. The van der Waals surface area contributed by atoms with Crippen molar-refractivity contribution in [3.05, 3.63) is 35.9 Å². The van der Waals surface area contributed by atoms with Crippen molar-refractivity contribution in [2.24, 2.45) is 17.6 Å². The third kappa shape index (κ3) is 3.57. The molecule has 3 nitrogen and oxygen atoms in total. The van der Waals surface area contributed by atoms with E-state index < -0.39 is 0 Å². The molecular formula is C15H22N2O. The third-order valence-corrected chi connectivity index (χ3v) is 3.86. The first-order valence-corrected chi connectivity index (χ1v) is 6.81. The van der Waals surface area contributed by atoms with Crippen molar-refractivity contribution in [3.8, 4) is 0 Å². The Morgan fingerprint density at radius 2 is 1.83 bits per heavy atom. The highest BCUT2D eigenvalue weighted by molar-refractivity contribution is 5.78. The van der Waals surface area contributed by atoms with Gasteiger partial charge in [0.25, 0.3) is 0 Å². The van der Waals surface area contributed by atoms with Crippen LogP contribution in [0.5, 0.6) is 0 Å². The molecule has 0 aromatic heterocycles. The van der Waals surface area contributed by atoms with Gasteiger partial charge in [0, 0.05) is 12.5 Å². The van der Waals surface area contributed by atoms with Crippen LogP contribution in [-0.4, -0.2) is 12.5 Å². The lowest BCUT2D eigenvalue weighted by molar-refractivity contribution is -0.126. The number of nitrogens with one attached hydrogen (secondary N) is 1. The lowest BCUT2D eigenvalue weighted by Gasteiger charge is -2.26. The van der Waals surface area contributed by atoms with Crippen LogP contribution in [0.4, 0.5) is 0 Å². The van der Waals surface area contributed by atoms with Gasteiger partial charge in [-0.05, 0) is 43.7 Å². The van der Waals surface area contributed by atoms with Gasteiger partial charge in [0.2, 0.25) is 5.91 Å². The minimum atomic E-state index is 0.191. The van der Waals surface area contributed by atoms with Crippen LogP contribution in [-0.2, 0) is 11.3 Å². The molecular weight excluding hydrogens is 224 g/mol. The highest BCUT2D eigenvalue weighted by Crippen LogP contribution is 2.28. The zero-order valence-electron chi connectivity index (χ0n) is 10.8. The van der Waals surface area contributed by atoms with Crippen molar-refractivity contribution in [3.63, 3.8) is 0 Å². The van der Waals surface area contributed by atoms with E-state index in [1.165, 1.54) is 0 Å². The van der Waals surface area contributed by atoms with Crippen molar-refractivity contribution in [1.82, 2.24) is 5.32 Å². The Bertz CT molecular complexity index is 369. The summed E-state index contributed by atoms with van der Waals surface area (Å²) in [4.78, 5) is 12.0. The van der Waals surface area contributed by atoms with Crippen LogP contribution < -0.4 is 11.1 Å². The molecule has 1 amide bonds. The van der Waals surface area contributed by atoms with E-state index in [0.717, 1.165) is 37.8 Å². The molecule has 1 aliphatic carbocycles. The number of carbonyl (C=O) groups excluding carboxylic acids is 1. The van der Waals surface area contributed by atoms with Crippen LogP contribution >= 0.6 is 0 Å². The maximum absolute atomic E-state index is 12.0. The number of amides is 1. The van der Waals surface area contributed by atoms with Gasteiger partial charge in [-0.3, -0.25) is 4.79 Å². The first-order valence-electron chi connectivity index (χ1n) is 6.81. The molecule has 98 valence electrons. The van der Waals surface area contributed by atoms with Gasteiger partial charge < -0.3 is 11.1 Å². The molecule has 0 aliphatic heterocycles. The summed E-state index contributed by atoms with van der Waals surface area (Å²) in [7, 11) is 0. The first kappa shape index (κ1) is 13.1. The molecule has 0 bridgehead atoms. The van der Waals surface area contributed by atoms with Gasteiger partial charge in [0.15, 0.2) is 0 Å². The SMILES string of the molecule is NCC1CCC(C(=O)NCc2ccccc2)CC1. The minimum Gasteiger partial charge on any atom is -0.352 e. The Labute approximate surface area is 109 Å². The third-order valence-electron chi connectivity index (χ3n) is 3.86. The molecule has 2 rings (SSSR count). The maximum Gasteiger partial charge on any atom is 0.223 e. The zero-order chi connectivity index (χ0) is 12.8. The molecule has 1 aromatic carbocycles. The van der Waals surface area contributed by atoms with Crippen LogP contribution in [0.25, 0.3) is 0 Å². The quantitative estimate of drug-likeness (QED) is 0.854. The van der Waals surface area contributed by atoms with E-state index in [2.05, 4.69) is 5.32 Å². The Kier molecular flexibility index (Phi) is 4.76. The molecule has 1 fully saturated rings. The molecule has 1 aliphatic rings. The second kappa shape index (κ2) is 6.55. The van der Waals surface area contributed by atoms with Crippen molar-refractivity contribution >= 4 is 5.91 Å². The zero-order valence-corrected chi connectivity index (χ0v) is 10.8. The number of nitrogens with two attached hydrogens (primary N) is 1. The molecule has 18 heavy (non-hydrogen) atoms. The molecule has 0 spiro atoms. The Morgan fingerprint density at radius 1 is 1.17 bits per heavy atom. The Hall–Kier alpha value is -1.35. The van der Waals surface area contributed by atoms with E-state index in [0.29, 0.717) is 12.5 Å². The lowest BCUT2D eigenvalue weighted by Crippen LogP contribution is -2.33. The average Bonchev–Trinajstić information content (AvgIpc) is 2.46. The summed E-state index contributed by atoms with van der Waals surface area (Å²) in [6, 6.07) is 10.0. The van der Waals surface area contributed by atoms with Crippen molar-refractivity contribution < 1.29 is 4.79 Å². The van der Waals surface area contributed by atoms with E-state index >= 15 is 0 Å². The monoisotopic (exact) mass is 246 g/mol. The predicted molar refractivity (Wildman–Crippen MR) is 72.8 cm³/mol. The molecule has 0 saturated heterocycles. The largest absolute Gasteiger partial charge is 0.352 e. The molecule has 0 atom stereocenters. The summed E-state index contributed by atoms with van der Waals surface area (Å²) in [5, 5.41) is 3.03. The molecule has 1 aromatic rings. The van der Waals surface area contributed by atoms with E-state index in [1.54, 1.807) is 0 Å². The Balaban J connectivity index is 1.75. The highest BCUT2D eigenvalue weighted by Gasteiger charge is 2.25. The number of benzene rings is 1. The second-order valence-corrected chi connectivity index (χ2v) is 5.16. The summed E-state index contributed by atoms with van der Waals surface area (Å²) in [5.74, 6) is 1.02. The molecule has 0 heterocycles. The summed E-state index contributed by atoms with van der Waals surface area (Å²) >= 11 is 0. The highest BCUT2D eigenvalue weighted by atomic mass is 16.1. The molecule has 0 radical (unpaired) electrons. The van der Waals surface area contributed by atoms with Gasteiger partial charge in [-0.2, -0.15) is 0 Å². The average molecular weight is 246 g/mol. The fourth-order valence-electron chi connectivity index (χ4n) is 2.59. The Morgan fingerprint density at radius 3 is 2.44 bits per heavy atom. The normalized spacial score (nSPS) is 23.6. The van der Waals surface area contributed by atoms with Crippen molar-refractivity contribution in [1.29, 1.82) is 0 Å². The van der Waals surface area contributed by atoms with Gasteiger partial charge in [0.1, 0.15) is 0 Å². The summed E-state index contributed by atoms with van der Waals surface area (Å²) < 4.78 is 0. The molecule has 0 unspecified atom stereocenters. The van der Waals surface area contributed by atoms with E-state index in [1.807, 2.05) is 30.3 Å². The number of hydrogen-bond acceptors (Lipinski definition) is 2. The van der Waals surface area contributed by atoms with Crippen LogP contribution in [0.15, 0.2) is 30.3 Å². The molecule has 3 N–H and O–H groups in total. The lowest BCUT2D eigenvalue weighted by atomic mass is 9.81. The van der Waals surface area contributed by atoms with Gasteiger partial charge in [0.05, 0.1) is 0 Å². The van der Waals surface area contributed by atoms with E-state index in [-0.39, 0.29) is 11.8 Å². The van der Waals surface area contributed by atoms with Crippen LogP contribution in [0.3, 0.4) is 0 Å². The standard InChI is InChI=1S/C15H22N2O/c16-10-12-6-8-14(9-7-12)15(18)17-11-13-4-2-1-3-5-13/h1-5,12,14H,6-11,16H2,(H,17,18). The first-order chi connectivity index (χ1) is 8.79. The smallest absolute Gasteiger partial charge is 0.223 e. The summed E-state index contributed by atoms with van der Waals surface area (Å²) in [6.07, 6.45) is 4.17. The van der Waals surface area contributed by atoms with Crippen molar-refractivity contribution in [2.45, 2.75) is 32.2 Å². The maximum atomic E-state index is 12.0. The topological polar surface area (TPSA) is 55.1 Å².